The van der Waals surface area contributed by atoms with Crippen molar-refractivity contribution in [2.45, 2.75) is 25.8 Å². The number of aliphatic carboxylic acids is 1. The zero-order valence-electron chi connectivity index (χ0n) is 9.65. The Kier molecular flexibility index (Phi) is 3.29. The summed E-state index contributed by atoms with van der Waals surface area (Å²) in [4.78, 5) is 13.1. The lowest BCUT2D eigenvalue weighted by Crippen LogP contribution is -2.17. The molecule has 0 spiro atoms. The molecule has 4 nitrogen and oxygen atoms in total. The third-order valence-corrected chi connectivity index (χ3v) is 3.10. The van der Waals surface area contributed by atoms with Crippen LogP contribution in [0.3, 0.4) is 0 Å². The number of carboxylic acids is 1. The Labute approximate surface area is 95.5 Å². The third kappa shape index (κ3) is 2.64. The maximum Gasteiger partial charge on any atom is 0.309 e. The largest absolute Gasteiger partial charge is 0.481 e. The highest BCUT2D eigenvalue weighted by Crippen LogP contribution is 2.15. The molecule has 2 rings (SSSR count). The van der Waals surface area contributed by atoms with Crippen LogP contribution in [0.25, 0.3) is 0 Å². The fourth-order valence-electron chi connectivity index (χ4n) is 2.30. The first kappa shape index (κ1) is 11.2. The van der Waals surface area contributed by atoms with Gasteiger partial charge in [-0.1, -0.05) is 0 Å². The molecule has 1 aliphatic rings. The summed E-state index contributed by atoms with van der Waals surface area (Å²) in [6.45, 7) is 3.29. The molecule has 0 unspecified atom stereocenters. The van der Waals surface area contributed by atoms with Crippen molar-refractivity contribution in [1.29, 1.82) is 0 Å². The van der Waals surface area contributed by atoms with Crippen molar-refractivity contribution in [3.05, 3.63) is 23.5 Å². The van der Waals surface area contributed by atoms with Gasteiger partial charge < -0.3 is 9.67 Å². The van der Waals surface area contributed by atoms with Crippen LogP contribution >= 0.6 is 0 Å². The fraction of sp³-hybridized carbons (Fsp3) is 0.583. The standard InChI is InChI=1S/C12H18N2O2/c1-13-8-10(6-11(13)7-12(15)16)9-14-4-2-3-5-14/h6,8H,2-5,7,9H2,1H3,(H,15,16). The first-order chi connectivity index (χ1) is 7.65. The summed E-state index contributed by atoms with van der Waals surface area (Å²) < 4.78 is 1.92. The molecule has 16 heavy (non-hydrogen) atoms. The van der Waals surface area contributed by atoms with Crippen molar-refractivity contribution < 1.29 is 9.90 Å². The smallest absolute Gasteiger partial charge is 0.309 e. The molecule has 0 saturated carbocycles. The quantitative estimate of drug-likeness (QED) is 0.834. The van der Waals surface area contributed by atoms with Crippen LogP contribution in [0, 0.1) is 0 Å². The molecule has 1 N–H and O–H groups in total. The van der Waals surface area contributed by atoms with Crippen molar-refractivity contribution in [2.75, 3.05) is 13.1 Å². The predicted octanol–water partition coefficient (Wildman–Crippen LogP) is 1.25. The van der Waals surface area contributed by atoms with Crippen LogP contribution < -0.4 is 0 Å². The summed E-state index contributed by atoms with van der Waals surface area (Å²) in [6.07, 6.45) is 4.72. The molecule has 1 aromatic heterocycles. The van der Waals surface area contributed by atoms with E-state index in [1.165, 1.54) is 31.5 Å². The van der Waals surface area contributed by atoms with Crippen molar-refractivity contribution in [1.82, 2.24) is 9.47 Å². The maximum atomic E-state index is 10.7. The van der Waals surface area contributed by atoms with Gasteiger partial charge in [0.25, 0.3) is 0 Å². The topological polar surface area (TPSA) is 45.5 Å². The Balaban J connectivity index is 2.01. The average molecular weight is 222 g/mol. The number of carbonyl (C=O) groups is 1. The van der Waals surface area contributed by atoms with Crippen LogP contribution in [0.4, 0.5) is 0 Å². The first-order valence-corrected chi connectivity index (χ1v) is 5.73. The van der Waals surface area contributed by atoms with E-state index < -0.39 is 5.97 Å². The number of likely N-dealkylation sites (tertiary alicyclic amines) is 1. The van der Waals surface area contributed by atoms with E-state index in [1.54, 1.807) is 0 Å². The zero-order valence-corrected chi connectivity index (χ0v) is 9.65. The highest BCUT2D eigenvalue weighted by Gasteiger charge is 2.14. The minimum Gasteiger partial charge on any atom is -0.481 e. The molecule has 0 atom stereocenters. The minimum atomic E-state index is -0.770. The summed E-state index contributed by atoms with van der Waals surface area (Å²) in [5.74, 6) is -0.770. The molecular formula is C12H18N2O2. The number of aromatic nitrogens is 1. The Morgan fingerprint density at radius 2 is 2.12 bits per heavy atom. The number of hydrogen-bond acceptors (Lipinski definition) is 2. The number of hydrogen-bond donors (Lipinski definition) is 1. The van der Waals surface area contributed by atoms with Gasteiger partial charge in [0.05, 0.1) is 6.42 Å². The second-order valence-corrected chi connectivity index (χ2v) is 4.50. The number of rotatable bonds is 4. The Bertz CT molecular complexity index is 378. The van der Waals surface area contributed by atoms with E-state index >= 15 is 0 Å². The van der Waals surface area contributed by atoms with E-state index in [2.05, 4.69) is 4.90 Å². The van der Waals surface area contributed by atoms with Gasteiger partial charge in [-0.05, 0) is 37.6 Å². The van der Waals surface area contributed by atoms with E-state index in [1.807, 2.05) is 23.9 Å². The fourth-order valence-corrected chi connectivity index (χ4v) is 2.30. The number of aryl methyl sites for hydroxylation is 1. The van der Waals surface area contributed by atoms with Gasteiger partial charge in [0.2, 0.25) is 0 Å². The molecule has 1 aliphatic heterocycles. The highest BCUT2D eigenvalue weighted by atomic mass is 16.4. The molecule has 4 heteroatoms. The molecule has 2 heterocycles. The molecule has 0 amide bonds. The summed E-state index contributed by atoms with van der Waals surface area (Å²) in [5.41, 5.74) is 2.10. The highest BCUT2D eigenvalue weighted by molar-refractivity contribution is 5.69. The lowest BCUT2D eigenvalue weighted by molar-refractivity contribution is -0.136. The van der Waals surface area contributed by atoms with E-state index in [9.17, 15) is 4.79 Å². The zero-order chi connectivity index (χ0) is 11.5. The molecular weight excluding hydrogens is 204 g/mol. The van der Waals surface area contributed by atoms with E-state index in [0.29, 0.717) is 0 Å². The number of carboxylic acid groups (broad SMARTS) is 1. The van der Waals surface area contributed by atoms with Crippen LogP contribution in [0.5, 0.6) is 0 Å². The Morgan fingerprint density at radius 3 is 2.75 bits per heavy atom. The molecule has 0 radical (unpaired) electrons. The third-order valence-electron chi connectivity index (χ3n) is 3.10. The van der Waals surface area contributed by atoms with Crippen molar-refractivity contribution in [3.8, 4) is 0 Å². The van der Waals surface area contributed by atoms with Gasteiger partial charge in [-0.15, -0.1) is 0 Å². The molecule has 88 valence electrons. The first-order valence-electron chi connectivity index (χ1n) is 5.73. The van der Waals surface area contributed by atoms with E-state index in [4.69, 9.17) is 5.11 Å². The van der Waals surface area contributed by atoms with Gasteiger partial charge in [0, 0.05) is 25.5 Å². The van der Waals surface area contributed by atoms with Gasteiger partial charge >= 0.3 is 5.97 Å². The summed E-state index contributed by atoms with van der Waals surface area (Å²) in [5, 5.41) is 8.76. The second kappa shape index (κ2) is 4.70. The predicted molar refractivity (Wildman–Crippen MR) is 61.3 cm³/mol. The normalized spacial score (nSPS) is 16.8. The molecule has 1 aromatic rings. The molecule has 0 aromatic carbocycles. The molecule has 0 aliphatic carbocycles. The van der Waals surface area contributed by atoms with Crippen LogP contribution in [-0.2, 0) is 24.8 Å². The lowest BCUT2D eigenvalue weighted by atomic mass is 10.2. The van der Waals surface area contributed by atoms with Crippen LogP contribution in [0.15, 0.2) is 12.3 Å². The van der Waals surface area contributed by atoms with Crippen molar-refractivity contribution in [3.63, 3.8) is 0 Å². The minimum absolute atomic E-state index is 0.108. The van der Waals surface area contributed by atoms with Gasteiger partial charge in [-0.2, -0.15) is 0 Å². The Hall–Kier alpha value is -1.29. The number of nitrogens with zero attached hydrogens (tertiary/aromatic N) is 2. The van der Waals surface area contributed by atoms with Gasteiger partial charge in [0.1, 0.15) is 0 Å². The van der Waals surface area contributed by atoms with Crippen LogP contribution in [-0.4, -0.2) is 33.6 Å². The van der Waals surface area contributed by atoms with Crippen molar-refractivity contribution >= 4 is 5.97 Å². The molecule has 1 fully saturated rings. The average Bonchev–Trinajstić information content (AvgIpc) is 2.78. The van der Waals surface area contributed by atoms with Gasteiger partial charge in [0.15, 0.2) is 0 Å². The molecule has 0 bridgehead atoms. The van der Waals surface area contributed by atoms with Gasteiger partial charge in [-0.3, -0.25) is 9.69 Å². The monoisotopic (exact) mass is 222 g/mol. The SMILES string of the molecule is Cn1cc(CN2CCCC2)cc1CC(=O)O. The molecule has 1 saturated heterocycles. The van der Waals surface area contributed by atoms with Crippen LogP contribution in [0.2, 0.25) is 0 Å². The maximum absolute atomic E-state index is 10.7. The summed E-state index contributed by atoms with van der Waals surface area (Å²) in [6, 6.07) is 2.01. The van der Waals surface area contributed by atoms with Crippen molar-refractivity contribution in [2.24, 2.45) is 7.05 Å². The summed E-state index contributed by atoms with van der Waals surface area (Å²) >= 11 is 0. The Morgan fingerprint density at radius 1 is 1.44 bits per heavy atom. The van der Waals surface area contributed by atoms with E-state index in [0.717, 1.165) is 12.2 Å². The summed E-state index contributed by atoms with van der Waals surface area (Å²) in [7, 11) is 1.91. The van der Waals surface area contributed by atoms with E-state index in [-0.39, 0.29) is 6.42 Å². The second-order valence-electron chi connectivity index (χ2n) is 4.50. The lowest BCUT2D eigenvalue weighted by Gasteiger charge is -2.12. The van der Waals surface area contributed by atoms with Gasteiger partial charge in [-0.25, -0.2) is 0 Å². The van der Waals surface area contributed by atoms with Crippen LogP contribution in [0.1, 0.15) is 24.1 Å².